The van der Waals surface area contributed by atoms with Crippen LogP contribution >= 0.6 is 0 Å². The van der Waals surface area contributed by atoms with Crippen molar-refractivity contribution in [3.8, 4) is 17.0 Å². The molecule has 23 heavy (non-hydrogen) atoms. The lowest BCUT2D eigenvalue weighted by Gasteiger charge is -2.08. The largest absolute Gasteiger partial charge is 0.497 e. The Kier molecular flexibility index (Phi) is 4.10. The molecule has 3 aromatic rings. The number of ether oxygens (including phenoxy) is 1. The van der Waals surface area contributed by atoms with Gasteiger partial charge in [-0.1, -0.05) is 18.2 Å². The molecule has 2 aromatic carbocycles. The van der Waals surface area contributed by atoms with Gasteiger partial charge in [-0.2, -0.15) is 0 Å². The molecule has 0 aliphatic carbocycles. The normalized spacial score (nSPS) is 10.3. The smallest absolute Gasteiger partial charge is 0.255 e. The molecule has 3 rings (SSSR count). The number of nitrogens with one attached hydrogen (secondary N) is 2. The lowest BCUT2D eigenvalue weighted by atomic mass is 10.1. The molecule has 0 atom stereocenters. The number of aromatic nitrogens is 2. The number of methoxy groups -OCH3 is 1. The van der Waals surface area contributed by atoms with Gasteiger partial charge in [-0.25, -0.2) is 4.98 Å². The van der Waals surface area contributed by atoms with E-state index in [4.69, 9.17) is 4.74 Å². The fourth-order valence-electron chi connectivity index (χ4n) is 2.36. The Morgan fingerprint density at radius 2 is 2.00 bits per heavy atom. The average Bonchev–Trinajstić information content (AvgIpc) is 3.01. The first-order valence-electron chi connectivity index (χ1n) is 7.23. The summed E-state index contributed by atoms with van der Waals surface area (Å²) in [6.45, 7) is 1.96. The molecule has 1 amide bonds. The fourth-order valence-corrected chi connectivity index (χ4v) is 2.36. The molecule has 1 heterocycles. The van der Waals surface area contributed by atoms with E-state index in [9.17, 15) is 4.79 Å². The van der Waals surface area contributed by atoms with Gasteiger partial charge >= 0.3 is 0 Å². The molecule has 0 saturated carbocycles. The lowest BCUT2D eigenvalue weighted by Crippen LogP contribution is -2.11. The van der Waals surface area contributed by atoms with Gasteiger partial charge in [0.05, 0.1) is 19.1 Å². The van der Waals surface area contributed by atoms with Gasteiger partial charge in [0.25, 0.3) is 5.91 Å². The third-order valence-electron chi connectivity index (χ3n) is 3.56. The Morgan fingerprint density at radius 3 is 2.74 bits per heavy atom. The Morgan fingerprint density at radius 1 is 1.17 bits per heavy atom. The zero-order valence-electron chi connectivity index (χ0n) is 13.0. The third kappa shape index (κ3) is 3.23. The Labute approximate surface area is 134 Å². The van der Waals surface area contributed by atoms with E-state index in [1.165, 1.54) is 0 Å². The van der Waals surface area contributed by atoms with Crippen LogP contribution in [0.4, 0.5) is 5.69 Å². The van der Waals surface area contributed by atoms with Crippen molar-refractivity contribution < 1.29 is 9.53 Å². The Balaban J connectivity index is 1.83. The van der Waals surface area contributed by atoms with Crippen LogP contribution in [-0.2, 0) is 0 Å². The Hall–Kier alpha value is -3.08. The SMILES string of the molecule is COc1cccc(C(=O)Nc2cccc(-c3nc[nH]c3C)c2)c1. The molecule has 116 valence electrons. The standard InChI is InChI=1S/C18H17N3O2/c1-12-17(20-11-19-12)13-5-3-7-15(9-13)21-18(22)14-6-4-8-16(10-14)23-2/h3-11H,1-2H3,(H,19,20)(H,21,22). The summed E-state index contributed by atoms with van der Waals surface area (Å²) < 4.78 is 5.14. The number of H-pyrrole nitrogens is 1. The van der Waals surface area contributed by atoms with E-state index in [-0.39, 0.29) is 5.91 Å². The molecule has 2 N–H and O–H groups in total. The van der Waals surface area contributed by atoms with Crippen molar-refractivity contribution in [1.82, 2.24) is 9.97 Å². The molecule has 0 fully saturated rings. The number of hydrogen-bond acceptors (Lipinski definition) is 3. The number of benzene rings is 2. The van der Waals surface area contributed by atoms with Crippen LogP contribution in [0.1, 0.15) is 16.1 Å². The van der Waals surface area contributed by atoms with Crippen LogP contribution in [0, 0.1) is 6.92 Å². The van der Waals surface area contributed by atoms with Crippen LogP contribution in [0.3, 0.4) is 0 Å². The van der Waals surface area contributed by atoms with Crippen molar-refractivity contribution in [3.63, 3.8) is 0 Å². The minimum atomic E-state index is -0.181. The highest BCUT2D eigenvalue weighted by Crippen LogP contribution is 2.23. The Bertz CT molecular complexity index is 840. The van der Waals surface area contributed by atoms with Crippen LogP contribution in [0.2, 0.25) is 0 Å². The van der Waals surface area contributed by atoms with Crippen LogP contribution in [0.15, 0.2) is 54.9 Å². The van der Waals surface area contributed by atoms with Gasteiger partial charge in [0.1, 0.15) is 5.75 Å². The van der Waals surface area contributed by atoms with Gasteiger partial charge in [-0.3, -0.25) is 4.79 Å². The van der Waals surface area contributed by atoms with E-state index in [1.54, 1.807) is 37.7 Å². The number of carbonyl (C=O) groups is 1. The maximum absolute atomic E-state index is 12.4. The van der Waals surface area contributed by atoms with Crippen molar-refractivity contribution >= 4 is 11.6 Å². The second kappa shape index (κ2) is 6.36. The van der Waals surface area contributed by atoms with Crippen molar-refractivity contribution in [1.29, 1.82) is 0 Å². The van der Waals surface area contributed by atoms with E-state index in [0.717, 1.165) is 22.6 Å². The summed E-state index contributed by atoms with van der Waals surface area (Å²) in [4.78, 5) is 19.7. The predicted octanol–water partition coefficient (Wildman–Crippen LogP) is 3.65. The highest BCUT2D eigenvalue weighted by molar-refractivity contribution is 6.04. The van der Waals surface area contributed by atoms with Crippen molar-refractivity contribution in [2.24, 2.45) is 0 Å². The summed E-state index contributed by atoms with van der Waals surface area (Å²) in [7, 11) is 1.58. The summed E-state index contributed by atoms with van der Waals surface area (Å²) in [5.41, 5.74) is 4.08. The van der Waals surface area contributed by atoms with Crippen LogP contribution in [-0.4, -0.2) is 23.0 Å². The summed E-state index contributed by atoms with van der Waals surface area (Å²) in [5.74, 6) is 0.471. The number of hydrogen-bond donors (Lipinski definition) is 2. The molecule has 1 aromatic heterocycles. The number of imidazole rings is 1. The van der Waals surface area contributed by atoms with Gasteiger partial charge in [-0.05, 0) is 37.3 Å². The first-order valence-corrected chi connectivity index (χ1v) is 7.23. The second-order valence-electron chi connectivity index (χ2n) is 5.14. The third-order valence-corrected chi connectivity index (χ3v) is 3.56. The molecule has 5 heteroatoms. The fraction of sp³-hybridized carbons (Fsp3) is 0.111. The first-order chi connectivity index (χ1) is 11.2. The average molecular weight is 307 g/mol. The quantitative estimate of drug-likeness (QED) is 0.773. The van der Waals surface area contributed by atoms with E-state index in [2.05, 4.69) is 15.3 Å². The van der Waals surface area contributed by atoms with E-state index in [1.807, 2.05) is 31.2 Å². The van der Waals surface area contributed by atoms with Crippen LogP contribution in [0.5, 0.6) is 5.75 Å². The minimum absolute atomic E-state index is 0.181. The van der Waals surface area contributed by atoms with E-state index in [0.29, 0.717) is 11.3 Å². The number of aromatic amines is 1. The molecule has 0 bridgehead atoms. The molecule has 0 aliphatic rings. The van der Waals surface area contributed by atoms with Gasteiger partial charge in [0.2, 0.25) is 0 Å². The number of amides is 1. The van der Waals surface area contributed by atoms with Gasteiger partial charge < -0.3 is 15.0 Å². The predicted molar refractivity (Wildman–Crippen MR) is 89.7 cm³/mol. The number of rotatable bonds is 4. The molecule has 0 aliphatic heterocycles. The maximum atomic E-state index is 12.4. The summed E-state index contributed by atoms with van der Waals surface area (Å²) >= 11 is 0. The van der Waals surface area contributed by atoms with Gasteiger partial charge in [0.15, 0.2) is 0 Å². The topological polar surface area (TPSA) is 67.0 Å². The number of carbonyl (C=O) groups excluding carboxylic acids is 1. The van der Waals surface area contributed by atoms with E-state index < -0.39 is 0 Å². The highest BCUT2D eigenvalue weighted by Gasteiger charge is 2.09. The molecule has 0 saturated heterocycles. The number of anilines is 1. The summed E-state index contributed by atoms with van der Waals surface area (Å²) in [5, 5.41) is 2.90. The molecule has 0 spiro atoms. The lowest BCUT2D eigenvalue weighted by molar-refractivity contribution is 0.102. The minimum Gasteiger partial charge on any atom is -0.497 e. The van der Waals surface area contributed by atoms with Gasteiger partial charge in [-0.15, -0.1) is 0 Å². The molecule has 0 unspecified atom stereocenters. The molecular formula is C18H17N3O2. The van der Waals surface area contributed by atoms with Crippen LogP contribution < -0.4 is 10.1 Å². The van der Waals surface area contributed by atoms with Gasteiger partial charge in [0, 0.05) is 22.5 Å². The monoisotopic (exact) mass is 307 g/mol. The zero-order chi connectivity index (χ0) is 16.2. The van der Waals surface area contributed by atoms with Crippen molar-refractivity contribution in [2.45, 2.75) is 6.92 Å². The molecule has 5 nitrogen and oxygen atoms in total. The number of aryl methyl sites for hydroxylation is 1. The summed E-state index contributed by atoms with van der Waals surface area (Å²) in [6.07, 6.45) is 1.66. The zero-order valence-corrected chi connectivity index (χ0v) is 13.0. The summed E-state index contributed by atoms with van der Waals surface area (Å²) in [6, 6.07) is 14.7. The molecule has 0 radical (unpaired) electrons. The van der Waals surface area contributed by atoms with Crippen molar-refractivity contribution in [2.75, 3.05) is 12.4 Å². The number of nitrogens with zero attached hydrogens (tertiary/aromatic N) is 1. The second-order valence-corrected chi connectivity index (χ2v) is 5.14. The highest BCUT2D eigenvalue weighted by atomic mass is 16.5. The van der Waals surface area contributed by atoms with E-state index >= 15 is 0 Å². The molecular weight excluding hydrogens is 290 g/mol. The first kappa shape index (κ1) is 14.8. The maximum Gasteiger partial charge on any atom is 0.255 e. The van der Waals surface area contributed by atoms with Crippen molar-refractivity contribution in [3.05, 3.63) is 66.1 Å². The van der Waals surface area contributed by atoms with Crippen LogP contribution in [0.25, 0.3) is 11.3 Å².